The minimum Gasteiger partial charge on any atom is -0.550 e. The molecule has 0 radical (unpaired) electrons. The average molecular weight is 1620 g/mol. The fourth-order valence-corrected chi connectivity index (χ4v) is 12.0. The molecule has 112 heavy (non-hydrogen) atoms. The van der Waals surface area contributed by atoms with Gasteiger partial charge < -0.3 is 64.3 Å². The number of carboxylic acid groups (broad SMARTS) is 4. The van der Waals surface area contributed by atoms with Crippen molar-refractivity contribution in [2.24, 2.45) is 20.0 Å². The molecule has 6 aliphatic heterocycles. The van der Waals surface area contributed by atoms with Gasteiger partial charge in [-0.1, -0.05) is 76.1 Å². The molecule has 14 rings (SSSR count). The van der Waals surface area contributed by atoms with E-state index in [1.807, 2.05) is 74.8 Å². The van der Waals surface area contributed by atoms with Crippen LogP contribution in [0.5, 0.6) is 34.5 Å². The summed E-state index contributed by atoms with van der Waals surface area (Å²) in [4.78, 5) is 90.2. The van der Waals surface area contributed by atoms with Crippen LogP contribution in [0, 0.1) is 45.3 Å². The number of aromatic nitrogens is 2. The number of nitrogens with zero attached hydrogens (tertiary/aromatic N) is 8. The van der Waals surface area contributed by atoms with Gasteiger partial charge in [0.25, 0.3) is 0 Å². The van der Waals surface area contributed by atoms with E-state index in [9.17, 15) is 44.1 Å². The number of rotatable bonds is 10. The number of phenols is 2. The lowest BCUT2D eigenvalue weighted by Crippen LogP contribution is -2.74. The Kier molecular flexibility index (Phi) is 34.4. The number of Topliss-reactive ketones (excluding diaryl/α,β-unsaturated/α-hetero) is 1. The first-order valence-corrected chi connectivity index (χ1v) is 33.8. The van der Waals surface area contributed by atoms with E-state index in [1.165, 1.54) is 67.0 Å². The lowest BCUT2D eigenvalue weighted by molar-refractivity contribution is -0.434. The summed E-state index contributed by atoms with van der Waals surface area (Å²) < 4.78 is 40.9. The molecule has 0 fully saturated rings. The number of halogens is 4. The van der Waals surface area contributed by atoms with Crippen molar-refractivity contribution in [3.63, 3.8) is 0 Å². The van der Waals surface area contributed by atoms with Crippen LogP contribution in [0.15, 0.2) is 137 Å². The van der Waals surface area contributed by atoms with Crippen LogP contribution in [0.3, 0.4) is 0 Å². The zero-order chi connectivity index (χ0) is 83.4. The van der Waals surface area contributed by atoms with E-state index in [-0.39, 0.29) is 70.1 Å². The summed E-state index contributed by atoms with van der Waals surface area (Å²) in [5.74, 6) is -3.76. The van der Waals surface area contributed by atoms with E-state index in [4.69, 9.17) is 108 Å². The van der Waals surface area contributed by atoms with Gasteiger partial charge in [0.05, 0.1) is 93.1 Å². The van der Waals surface area contributed by atoms with Crippen molar-refractivity contribution in [1.82, 2.24) is 9.97 Å². The second-order valence-electron chi connectivity index (χ2n) is 23.3. The van der Waals surface area contributed by atoms with Crippen LogP contribution in [0.25, 0.3) is 33.0 Å². The van der Waals surface area contributed by atoms with Gasteiger partial charge in [-0.25, -0.2) is 9.98 Å². The highest BCUT2D eigenvalue weighted by Crippen LogP contribution is 2.43. The highest BCUT2D eigenvalue weighted by Gasteiger charge is 2.38. The normalized spacial score (nSPS) is 13.7. The lowest BCUT2D eigenvalue weighted by atomic mass is 9.96. The third kappa shape index (κ3) is 22.3. The van der Waals surface area contributed by atoms with E-state index in [2.05, 4.69) is 78.0 Å². The largest absolute Gasteiger partial charge is 0.550 e. The standard InChI is InChI=1S/2C13H14N2O.2C13H12N2O.C8H2Cl2N2O2.C8Cl2N2O2.2C4H6O4.4CH4.2H2/c4*1-8-13-11(5-6-14-8)10-4-3-9(16-2)7-12(10)15-13;2*9-5-6(10)8(14)4(2-12)3(1-11)7(5)13;2*5-3(6)1-2-4(7)8;;;;;;/h2*3-4,7,15H,5-6H2,1-2H3;2*3-4,6-7H,5H2,1-2H3;13-14H;;2*1-2H2,(H,5,6)(H,7,8);4*1H4;2*1H/p+2/i;;;;;;;;;;;;2*1+1D. The second-order valence-corrected chi connectivity index (χ2v) is 24.8. The maximum absolute atomic E-state index is 11.3. The van der Waals surface area contributed by atoms with E-state index in [0.29, 0.717) is 0 Å². The minimum absolute atomic E-state index is 0. The number of nitriles is 4. The Hall–Kier alpha value is -12.7. The highest BCUT2D eigenvalue weighted by atomic mass is 35.5. The molecule has 8 heterocycles. The highest BCUT2D eigenvalue weighted by molar-refractivity contribution is 6.59. The molecule has 7 aliphatic rings. The summed E-state index contributed by atoms with van der Waals surface area (Å²) in [6.45, 7) is 9.98. The molecule has 0 unspecified atom stereocenters. The van der Waals surface area contributed by atoms with E-state index in [1.54, 1.807) is 40.6 Å². The summed E-state index contributed by atoms with van der Waals surface area (Å²) in [5, 5.41) is 91.9. The minimum atomic E-state index is -1.33. The number of aromatic hydroxyl groups is 2. The van der Waals surface area contributed by atoms with E-state index < -0.39 is 74.6 Å². The van der Waals surface area contributed by atoms with Crippen LogP contribution in [0.4, 0.5) is 0 Å². The van der Waals surface area contributed by atoms with Crippen molar-refractivity contribution in [3.05, 3.63) is 182 Å². The van der Waals surface area contributed by atoms with Crippen LogP contribution < -0.4 is 55.2 Å². The van der Waals surface area contributed by atoms with E-state index in [0.717, 1.165) is 118 Å². The maximum Gasteiger partial charge on any atom is 0.379 e. The number of hydrogen-bond donors (Lipinski definition) is 9. The third-order valence-corrected chi connectivity index (χ3v) is 18.3. The van der Waals surface area contributed by atoms with Gasteiger partial charge in [-0.05, 0) is 107 Å². The number of hydrogen-bond acceptors (Lipinski definition) is 20. The number of aromatic amines is 2. The first-order valence-electron chi connectivity index (χ1n) is 34.3. The number of benzene rings is 5. The summed E-state index contributed by atoms with van der Waals surface area (Å²) in [6.07, 6.45) is 6.43. The van der Waals surface area contributed by atoms with Gasteiger partial charge in [0, 0.05) is 95.4 Å². The van der Waals surface area contributed by atoms with Crippen LogP contribution in [0.1, 0.15) is 136 Å². The van der Waals surface area contributed by atoms with Crippen LogP contribution >= 0.6 is 46.4 Å². The van der Waals surface area contributed by atoms with Crippen molar-refractivity contribution < 1.29 is 94.3 Å². The Morgan fingerprint density at radius 2 is 0.920 bits per heavy atom. The van der Waals surface area contributed by atoms with Crippen molar-refractivity contribution in [3.8, 4) is 58.8 Å². The van der Waals surface area contributed by atoms with Crippen molar-refractivity contribution in [2.45, 2.75) is 109 Å². The Morgan fingerprint density at radius 1 is 0.562 bits per heavy atom. The molecule has 0 spiro atoms. The number of ether oxygens (including phenoxy) is 4. The number of allylic oxidation sites excluding steroid dienone is 8. The molecule has 10 N–H and O–H groups in total. The number of nitrogens with one attached hydrogen (secondary N) is 4. The number of H-pyrrole nitrogens is 2. The Labute approximate surface area is 671 Å². The Bertz CT molecular complexity index is 5260. The molecule has 0 saturated carbocycles. The van der Waals surface area contributed by atoms with Crippen LogP contribution in [0.2, 0.25) is 10.0 Å². The van der Waals surface area contributed by atoms with Crippen molar-refractivity contribution in [1.29, 1.82) is 21.0 Å². The molecule has 2 aromatic heterocycles. The molecule has 0 amide bonds. The topological polar surface area (TPSA) is 472 Å². The Balaban J connectivity index is 0.000000662. The molecule has 7 aromatic rings. The van der Waals surface area contributed by atoms with Crippen LogP contribution in [-0.4, -0.2) is 141 Å². The quantitative estimate of drug-likeness (QED) is 0.0352. The lowest BCUT2D eigenvalue weighted by Gasteiger charge is -2.09. The molecule has 0 bridgehead atoms. The fourth-order valence-electron chi connectivity index (χ4n) is 11.3. The predicted octanol–water partition coefficient (Wildman–Crippen LogP) is 8.48. The number of carbonyl (C=O) groups is 5. The number of aliphatic imine (C=N–C) groups is 4. The van der Waals surface area contributed by atoms with Gasteiger partial charge in [-0.2, -0.15) is 21.0 Å². The summed E-state index contributed by atoms with van der Waals surface area (Å²) in [5.41, 5.74) is 15.0. The SMILES string of the molecule is C.C.C.C.COc1ccc2c(c1)=[NH+]C1=C(C)N=CCC=21.COc1ccc2c(c1)=[NH+]C1=C(C)N=CCC=21.COc1ccc2c3c([nH]c2c1)C(C)=NCC3.COc1ccc2c3c([nH]c2c1)C(C)=NCC3.N#CC1=C(C#N)C(=[OH+])C(Cl)=C(Cl)C1=O.N#Cc1c(O)c(Cl)c(Cl)c(O)c1C#N.O=C(O)CCC(=O)O.O=C([O-])CCC(=O)O.[2H][2H].[2H][2H]. The molecule has 0 saturated heterocycles. The van der Waals surface area contributed by atoms with Crippen molar-refractivity contribution >= 4 is 139 Å². The monoisotopic (exact) mass is 1620 g/mol. The van der Waals surface area contributed by atoms with Crippen molar-refractivity contribution in [2.75, 3.05) is 41.5 Å². The number of phenolic OH excluding ortho intramolecular Hbond substituents is 2. The molecule has 0 atom stereocenters. The third-order valence-electron chi connectivity index (χ3n) is 16.7. The summed E-state index contributed by atoms with van der Waals surface area (Å²) in [7, 11) is 6.75. The smallest absolute Gasteiger partial charge is 0.379 e. The second kappa shape index (κ2) is 42.9. The Morgan fingerprint density at radius 3 is 1.25 bits per heavy atom. The first-order chi connectivity index (χ1) is 53.5. The zero-order valence-corrected chi connectivity index (χ0v) is 62.0. The summed E-state index contributed by atoms with van der Waals surface area (Å²) in [6, 6.07) is 30.7. The number of carbonyl (C=O) groups excluding carboxylic acids is 3. The fraction of sp³-hybridized carbons (Fsp3) is 0.275. The number of ketones is 2. The van der Waals surface area contributed by atoms with Gasteiger partial charge in [-0.3, -0.25) is 43.9 Å². The van der Waals surface area contributed by atoms with Gasteiger partial charge in [0.2, 0.25) is 27.9 Å². The van der Waals surface area contributed by atoms with E-state index >= 15 is 0 Å². The maximum atomic E-state index is 11.3. The number of fused-ring (bicyclic) bond motifs is 10. The number of carboxylic acids is 4. The molecule has 1 aliphatic carbocycles. The molecular formula is C80H88Cl4N12O16+2. The molecule has 32 heteroatoms. The van der Waals surface area contributed by atoms with Gasteiger partial charge in [-0.15, -0.1) is 0 Å². The average Bonchev–Trinajstić information content (AvgIpc) is 1.47. The molecule has 5 aromatic carbocycles. The van der Waals surface area contributed by atoms with Gasteiger partial charge >= 0.3 is 23.7 Å². The number of aliphatic carboxylic acids is 4. The van der Waals surface area contributed by atoms with Gasteiger partial charge in [0.1, 0.15) is 90.4 Å². The number of methoxy groups -OCH3 is 4. The molecule has 28 nitrogen and oxygen atoms in total. The zero-order valence-electron chi connectivity index (χ0n) is 63.0. The van der Waals surface area contributed by atoms with Crippen LogP contribution in [-0.2, 0) is 36.8 Å². The molecular weight excluding hydrogens is 1530 g/mol. The predicted molar refractivity (Wildman–Crippen MR) is 430 cm³/mol. The van der Waals surface area contributed by atoms with Gasteiger partial charge in [0.15, 0.2) is 22.1 Å². The first kappa shape index (κ1) is 89.9. The summed E-state index contributed by atoms with van der Waals surface area (Å²) >= 11 is 21.9. The molecule has 590 valence electrons.